The molecule has 0 aromatic heterocycles. The lowest BCUT2D eigenvalue weighted by Crippen LogP contribution is -2.37. The maximum atomic E-state index is 12.2. The first-order chi connectivity index (χ1) is 9.87. The van der Waals surface area contributed by atoms with E-state index in [9.17, 15) is 4.79 Å². The number of ketones is 1. The van der Waals surface area contributed by atoms with Crippen molar-refractivity contribution in [3.8, 4) is 11.5 Å². The van der Waals surface area contributed by atoms with E-state index in [0.29, 0.717) is 43.2 Å². The Bertz CT molecular complexity index is 464. The number of rotatable bonds is 8. The molecule has 0 aliphatic heterocycles. The van der Waals surface area contributed by atoms with E-state index in [2.05, 4.69) is 26.1 Å². The molecule has 0 heterocycles. The topological polar surface area (TPSA) is 47.6 Å². The van der Waals surface area contributed by atoms with Gasteiger partial charge in [0.1, 0.15) is 0 Å². The minimum Gasteiger partial charge on any atom is -0.490 e. The molecule has 4 heteroatoms. The van der Waals surface area contributed by atoms with Gasteiger partial charge in [-0.3, -0.25) is 4.79 Å². The normalized spacial score (nSPS) is 11.3. The van der Waals surface area contributed by atoms with Gasteiger partial charge in [0.25, 0.3) is 0 Å². The zero-order valence-electron chi connectivity index (χ0n) is 13.8. The molecule has 1 N–H and O–H groups in total. The van der Waals surface area contributed by atoms with Gasteiger partial charge in [-0.15, -0.1) is 0 Å². The molecule has 0 bridgehead atoms. The van der Waals surface area contributed by atoms with Gasteiger partial charge in [-0.1, -0.05) is 0 Å². The second-order valence-corrected chi connectivity index (χ2v) is 5.88. The molecule has 1 aromatic carbocycles. The molecule has 0 saturated heterocycles. The van der Waals surface area contributed by atoms with E-state index in [-0.39, 0.29) is 11.3 Å². The number of Topliss-reactive ketones (excluding diaryl/α,β-unsaturated/α-hetero) is 1. The fourth-order valence-electron chi connectivity index (χ4n) is 1.92. The van der Waals surface area contributed by atoms with Crippen molar-refractivity contribution in [2.75, 3.05) is 19.8 Å². The molecular weight excluding hydrogens is 266 g/mol. The van der Waals surface area contributed by atoms with Crippen LogP contribution in [0.15, 0.2) is 18.2 Å². The minimum atomic E-state index is 0.0234. The van der Waals surface area contributed by atoms with Crippen molar-refractivity contribution in [1.29, 1.82) is 0 Å². The van der Waals surface area contributed by atoms with Crippen LogP contribution in [0.25, 0.3) is 0 Å². The Hall–Kier alpha value is -1.55. The van der Waals surface area contributed by atoms with E-state index in [0.717, 1.165) is 0 Å². The van der Waals surface area contributed by atoms with Crippen LogP contribution in [0.5, 0.6) is 11.5 Å². The molecule has 0 saturated carbocycles. The fraction of sp³-hybridized carbons (Fsp3) is 0.588. The van der Waals surface area contributed by atoms with Crippen LogP contribution in [0, 0.1) is 0 Å². The lowest BCUT2D eigenvalue weighted by Gasteiger charge is -2.20. The van der Waals surface area contributed by atoms with Crippen LogP contribution >= 0.6 is 0 Å². The quantitative estimate of drug-likeness (QED) is 0.746. The predicted molar refractivity (Wildman–Crippen MR) is 85.5 cm³/mol. The molecule has 0 radical (unpaired) electrons. The van der Waals surface area contributed by atoms with Crippen LogP contribution in [0.4, 0.5) is 0 Å². The molecule has 118 valence electrons. The number of hydrogen-bond donors (Lipinski definition) is 1. The first-order valence-corrected chi connectivity index (χ1v) is 7.55. The second-order valence-electron chi connectivity index (χ2n) is 5.88. The summed E-state index contributed by atoms with van der Waals surface area (Å²) in [5, 5.41) is 3.32. The van der Waals surface area contributed by atoms with Gasteiger partial charge in [-0.2, -0.15) is 0 Å². The van der Waals surface area contributed by atoms with Crippen molar-refractivity contribution in [3.63, 3.8) is 0 Å². The monoisotopic (exact) mass is 293 g/mol. The van der Waals surface area contributed by atoms with E-state index >= 15 is 0 Å². The summed E-state index contributed by atoms with van der Waals surface area (Å²) in [5.74, 6) is 1.42. The van der Waals surface area contributed by atoms with Crippen molar-refractivity contribution in [1.82, 2.24) is 5.32 Å². The summed E-state index contributed by atoms with van der Waals surface area (Å²) in [4.78, 5) is 12.2. The first-order valence-electron chi connectivity index (χ1n) is 7.55. The summed E-state index contributed by atoms with van der Waals surface area (Å²) in [7, 11) is 0. The fourth-order valence-corrected chi connectivity index (χ4v) is 1.92. The number of carbonyl (C=O) groups excluding carboxylic acids is 1. The van der Waals surface area contributed by atoms with Crippen LogP contribution in [-0.4, -0.2) is 31.1 Å². The number of carbonyl (C=O) groups is 1. The Morgan fingerprint density at radius 3 is 2.29 bits per heavy atom. The van der Waals surface area contributed by atoms with Gasteiger partial charge in [0, 0.05) is 24.1 Å². The molecular formula is C17H27NO3. The number of hydrogen-bond acceptors (Lipinski definition) is 4. The lowest BCUT2D eigenvalue weighted by molar-refractivity contribution is 0.0980. The maximum absolute atomic E-state index is 12.2. The summed E-state index contributed by atoms with van der Waals surface area (Å²) < 4.78 is 11.0. The van der Waals surface area contributed by atoms with Crippen LogP contribution in [-0.2, 0) is 0 Å². The highest BCUT2D eigenvalue weighted by Gasteiger charge is 2.13. The van der Waals surface area contributed by atoms with Crippen LogP contribution in [0.3, 0.4) is 0 Å². The third-order valence-corrected chi connectivity index (χ3v) is 2.87. The van der Waals surface area contributed by atoms with Crippen molar-refractivity contribution in [3.05, 3.63) is 23.8 Å². The third-order valence-electron chi connectivity index (χ3n) is 2.87. The Balaban J connectivity index is 2.73. The molecule has 0 fully saturated rings. The largest absolute Gasteiger partial charge is 0.490 e. The summed E-state index contributed by atoms with van der Waals surface area (Å²) in [5.41, 5.74) is 0.688. The molecule has 0 spiro atoms. The van der Waals surface area contributed by atoms with Crippen LogP contribution in [0.2, 0.25) is 0 Å². The molecule has 0 amide bonds. The van der Waals surface area contributed by atoms with E-state index in [1.165, 1.54) is 0 Å². The number of benzene rings is 1. The zero-order valence-corrected chi connectivity index (χ0v) is 13.8. The van der Waals surface area contributed by atoms with Gasteiger partial charge in [0.2, 0.25) is 0 Å². The Morgan fingerprint density at radius 2 is 1.71 bits per heavy atom. The van der Waals surface area contributed by atoms with E-state index in [4.69, 9.17) is 9.47 Å². The molecule has 1 aromatic rings. The first kappa shape index (κ1) is 17.5. The standard InChI is InChI=1S/C17H27NO3/c1-6-20-15-9-8-13(12-16(15)21-7-2)14(19)10-11-18-17(3,4)5/h8-9,12,18H,6-7,10-11H2,1-5H3. The third kappa shape index (κ3) is 6.17. The minimum absolute atomic E-state index is 0.0234. The summed E-state index contributed by atoms with van der Waals surface area (Å²) in [6, 6.07) is 5.37. The number of nitrogens with one attached hydrogen (secondary N) is 1. The predicted octanol–water partition coefficient (Wildman–Crippen LogP) is 3.44. The lowest BCUT2D eigenvalue weighted by atomic mass is 10.1. The van der Waals surface area contributed by atoms with Crippen molar-refractivity contribution in [2.45, 2.75) is 46.6 Å². The van der Waals surface area contributed by atoms with Gasteiger partial charge in [-0.05, 0) is 52.8 Å². The highest BCUT2D eigenvalue weighted by atomic mass is 16.5. The molecule has 0 atom stereocenters. The number of ether oxygens (including phenoxy) is 2. The molecule has 4 nitrogen and oxygen atoms in total. The molecule has 0 unspecified atom stereocenters. The average Bonchev–Trinajstić information content (AvgIpc) is 2.39. The van der Waals surface area contributed by atoms with Gasteiger partial charge >= 0.3 is 0 Å². The van der Waals surface area contributed by atoms with Gasteiger partial charge in [0.15, 0.2) is 17.3 Å². The molecule has 0 aliphatic carbocycles. The highest BCUT2D eigenvalue weighted by molar-refractivity contribution is 5.96. The van der Waals surface area contributed by atoms with E-state index < -0.39 is 0 Å². The summed E-state index contributed by atoms with van der Waals surface area (Å²) >= 11 is 0. The summed E-state index contributed by atoms with van der Waals surface area (Å²) in [6.45, 7) is 11.9. The Kier molecular flexibility index (Phi) is 6.69. The van der Waals surface area contributed by atoms with Crippen molar-refractivity contribution >= 4 is 5.78 Å². The summed E-state index contributed by atoms with van der Waals surface area (Å²) in [6.07, 6.45) is 0.469. The maximum Gasteiger partial charge on any atom is 0.164 e. The Labute approximate surface area is 127 Å². The van der Waals surface area contributed by atoms with E-state index in [1.54, 1.807) is 18.2 Å². The second kappa shape index (κ2) is 8.03. The SMILES string of the molecule is CCOc1ccc(C(=O)CCNC(C)(C)C)cc1OCC. The highest BCUT2D eigenvalue weighted by Crippen LogP contribution is 2.28. The molecule has 21 heavy (non-hydrogen) atoms. The van der Waals surface area contributed by atoms with Crippen molar-refractivity contribution < 1.29 is 14.3 Å². The van der Waals surface area contributed by atoms with E-state index in [1.807, 2.05) is 13.8 Å². The van der Waals surface area contributed by atoms with Crippen molar-refractivity contribution in [2.24, 2.45) is 0 Å². The molecule has 0 aliphatic rings. The Morgan fingerprint density at radius 1 is 1.10 bits per heavy atom. The average molecular weight is 293 g/mol. The van der Waals surface area contributed by atoms with Gasteiger partial charge in [-0.25, -0.2) is 0 Å². The van der Waals surface area contributed by atoms with Gasteiger partial charge in [0.05, 0.1) is 13.2 Å². The van der Waals surface area contributed by atoms with Crippen LogP contribution < -0.4 is 14.8 Å². The van der Waals surface area contributed by atoms with Crippen LogP contribution in [0.1, 0.15) is 51.4 Å². The smallest absolute Gasteiger partial charge is 0.164 e. The van der Waals surface area contributed by atoms with Gasteiger partial charge < -0.3 is 14.8 Å². The molecule has 1 rings (SSSR count). The zero-order chi connectivity index (χ0) is 15.9.